The number of nitrogens with two attached hydrogens (primary N) is 1. The molecule has 0 aliphatic rings. The van der Waals surface area contributed by atoms with Gasteiger partial charge in [-0.3, -0.25) is 0 Å². The molecule has 5 nitrogen and oxygen atoms in total. The summed E-state index contributed by atoms with van der Waals surface area (Å²) in [4.78, 5) is 20.2. The highest BCUT2D eigenvalue weighted by Gasteiger charge is 2.18. The van der Waals surface area contributed by atoms with Crippen LogP contribution in [0.4, 0.5) is 5.82 Å². The maximum absolute atomic E-state index is 11.7. The maximum atomic E-state index is 11.7. The molecule has 2 heterocycles. The van der Waals surface area contributed by atoms with Crippen LogP contribution in [-0.4, -0.2) is 22.5 Å². The number of nitrogens with zero attached hydrogens (tertiary/aromatic N) is 2. The first kappa shape index (κ1) is 12.5. The lowest BCUT2D eigenvalue weighted by molar-refractivity contribution is 0.0526. The summed E-state index contributed by atoms with van der Waals surface area (Å²) in [6.07, 6.45) is 0. The van der Waals surface area contributed by atoms with Gasteiger partial charge in [-0.15, -0.1) is 0 Å². The van der Waals surface area contributed by atoms with Crippen LogP contribution >= 0.6 is 11.3 Å². The van der Waals surface area contributed by atoms with Gasteiger partial charge in [0.1, 0.15) is 11.4 Å². The molecule has 0 bridgehead atoms. The van der Waals surface area contributed by atoms with E-state index in [1.165, 1.54) is 0 Å². The first-order chi connectivity index (χ1) is 8.63. The summed E-state index contributed by atoms with van der Waals surface area (Å²) >= 11 is 1.55. The number of aryl methyl sites for hydroxylation is 1. The summed E-state index contributed by atoms with van der Waals surface area (Å²) in [7, 11) is 0. The molecule has 0 aromatic carbocycles. The molecule has 94 valence electrons. The monoisotopic (exact) mass is 263 g/mol. The Kier molecular flexibility index (Phi) is 3.57. The Morgan fingerprint density at radius 3 is 2.83 bits per heavy atom. The van der Waals surface area contributed by atoms with Crippen LogP contribution in [0.25, 0.3) is 11.4 Å². The number of nitrogen functional groups attached to an aromatic ring is 1. The standard InChI is InChI=1S/C12H13N3O2S/c1-3-17-12(16)9-7(2)14-11(15-10(9)13)8-4-5-18-6-8/h4-6H,3H2,1-2H3,(H2,13,14,15). The molecule has 18 heavy (non-hydrogen) atoms. The molecule has 0 saturated carbocycles. The van der Waals surface area contributed by atoms with Crippen LogP contribution < -0.4 is 5.73 Å². The zero-order valence-electron chi connectivity index (χ0n) is 10.1. The van der Waals surface area contributed by atoms with Crippen LogP contribution in [0.2, 0.25) is 0 Å². The van der Waals surface area contributed by atoms with E-state index in [4.69, 9.17) is 10.5 Å². The van der Waals surface area contributed by atoms with E-state index in [9.17, 15) is 4.79 Å². The molecule has 0 spiro atoms. The van der Waals surface area contributed by atoms with Crippen molar-refractivity contribution in [2.24, 2.45) is 0 Å². The van der Waals surface area contributed by atoms with Gasteiger partial charge in [0.25, 0.3) is 0 Å². The van der Waals surface area contributed by atoms with Crippen molar-refractivity contribution in [2.75, 3.05) is 12.3 Å². The van der Waals surface area contributed by atoms with Crippen molar-refractivity contribution in [2.45, 2.75) is 13.8 Å². The summed E-state index contributed by atoms with van der Waals surface area (Å²) in [5, 5.41) is 3.86. The number of anilines is 1. The predicted molar refractivity (Wildman–Crippen MR) is 70.5 cm³/mol. The topological polar surface area (TPSA) is 78.1 Å². The molecule has 0 amide bonds. The number of esters is 1. The second-order valence-corrected chi connectivity index (χ2v) is 4.41. The Labute approximate surface area is 109 Å². The zero-order valence-corrected chi connectivity index (χ0v) is 11.0. The molecule has 2 N–H and O–H groups in total. The van der Waals surface area contributed by atoms with E-state index in [-0.39, 0.29) is 11.4 Å². The van der Waals surface area contributed by atoms with Crippen LogP contribution in [0.3, 0.4) is 0 Å². The smallest absolute Gasteiger partial charge is 0.343 e. The van der Waals surface area contributed by atoms with E-state index < -0.39 is 5.97 Å². The van der Waals surface area contributed by atoms with Crippen molar-refractivity contribution in [1.29, 1.82) is 0 Å². The minimum Gasteiger partial charge on any atom is -0.462 e. The minimum absolute atomic E-state index is 0.155. The Bertz CT molecular complexity index is 544. The third-order valence-corrected chi connectivity index (χ3v) is 3.06. The van der Waals surface area contributed by atoms with E-state index in [1.807, 2.05) is 16.8 Å². The fourth-order valence-corrected chi connectivity index (χ4v) is 2.21. The lowest BCUT2D eigenvalue weighted by Crippen LogP contribution is -2.13. The molecular weight excluding hydrogens is 250 g/mol. The Hall–Kier alpha value is -1.95. The lowest BCUT2D eigenvalue weighted by atomic mass is 10.2. The highest BCUT2D eigenvalue weighted by Crippen LogP contribution is 2.22. The van der Waals surface area contributed by atoms with Gasteiger partial charge in [0.15, 0.2) is 5.82 Å². The van der Waals surface area contributed by atoms with Gasteiger partial charge in [-0.05, 0) is 25.3 Å². The fraction of sp³-hybridized carbons (Fsp3) is 0.250. The highest BCUT2D eigenvalue weighted by molar-refractivity contribution is 7.08. The maximum Gasteiger partial charge on any atom is 0.343 e. The molecule has 0 saturated heterocycles. The van der Waals surface area contributed by atoms with Gasteiger partial charge in [0.05, 0.1) is 12.3 Å². The number of rotatable bonds is 3. The SMILES string of the molecule is CCOC(=O)c1c(C)nc(-c2ccsc2)nc1N. The second kappa shape index (κ2) is 5.14. The number of hydrogen-bond donors (Lipinski definition) is 1. The number of carbonyl (C=O) groups is 1. The average Bonchev–Trinajstić information content (AvgIpc) is 2.81. The Morgan fingerprint density at radius 2 is 2.28 bits per heavy atom. The van der Waals surface area contributed by atoms with Crippen LogP contribution in [0.1, 0.15) is 23.0 Å². The van der Waals surface area contributed by atoms with Crippen molar-refractivity contribution in [3.8, 4) is 11.4 Å². The first-order valence-electron chi connectivity index (χ1n) is 5.47. The van der Waals surface area contributed by atoms with Gasteiger partial charge < -0.3 is 10.5 Å². The van der Waals surface area contributed by atoms with E-state index >= 15 is 0 Å². The van der Waals surface area contributed by atoms with Crippen LogP contribution in [0, 0.1) is 6.92 Å². The van der Waals surface area contributed by atoms with Gasteiger partial charge >= 0.3 is 5.97 Å². The van der Waals surface area contributed by atoms with E-state index in [0.29, 0.717) is 18.1 Å². The average molecular weight is 263 g/mol. The number of thiophene rings is 1. The summed E-state index contributed by atoms with van der Waals surface area (Å²) in [6.45, 7) is 3.76. The van der Waals surface area contributed by atoms with E-state index in [2.05, 4.69) is 9.97 Å². The van der Waals surface area contributed by atoms with Crippen LogP contribution in [0.15, 0.2) is 16.8 Å². The highest BCUT2D eigenvalue weighted by atomic mass is 32.1. The summed E-state index contributed by atoms with van der Waals surface area (Å²) in [5.74, 6) is 0.200. The summed E-state index contributed by atoms with van der Waals surface area (Å²) in [6, 6.07) is 1.91. The van der Waals surface area contributed by atoms with Crippen LogP contribution in [-0.2, 0) is 4.74 Å². The van der Waals surface area contributed by atoms with E-state index in [1.54, 1.807) is 25.2 Å². The molecule has 6 heteroatoms. The molecule has 0 aliphatic heterocycles. The molecule has 0 fully saturated rings. The molecule has 2 aromatic heterocycles. The largest absolute Gasteiger partial charge is 0.462 e. The molecule has 0 radical (unpaired) electrons. The molecule has 0 unspecified atom stereocenters. The fourth-order valence-electron chi connectivity index (χ4n) is 1.57. The Morgan fingerprint density at radius 1 is 1.50 bits per heavy atom. The summed E-state index contributed by atoms with van der Waals surface area (Å²) < 4.78 is 4.92. The lowest BCUT2D eigenvalue weighted by Gasteiger charge is -2.08. The molecule has 2 rings (SSSR count). The molecule has 0 aliphatic carbocycles. The number of hydrogen-bond acceptors (Lipinski definition) is 6. The number of carbonyl (C=O) groups excluding carboxylic acids is 1. The third-order valence-electron chi connectivity index (χ3n) is 2.38. The predicted octanol–water partition coefficient (Wildman–Crippen LogP) is 2.27. The zero-order chi connectivity index (χ0) is 13.1. The van der Waals surface area contributed by atoms with Gasteiger partial charge in [-0.25, -0.2) is 14.8 Å². The van der Waals surface area contributed by atoms with E-state index in [0.717, 1.165) is 5.56 Å². The normalized spacial score (nSPS) is 10.3. The molecule has 2 aromatic rings. The van der Waals surface area contributed by atoms with Gasteiger partial charge in [0.2, 0.25) is 0 Å². The third kappa shape index (κ3) is 2.33. The van der Waals surface area contributed by atoms with Gasteiger partial charge in [-0.2, -0.15) is 11.3 Å². The van der Waals surface area contributed by atoms with Crippen molar-refractivity contribution in [3.05, 3.63) is 28.1 Å². The second-order valence-electron chi connectivity index (χ2n) is 3.63. The van der Waals surface area contributed by atoms with Crippen LogP contribution in [0.5, 0.6) is 0 Å². The van der Waals surface area contributed by atoms with Crippen molar-refractivity contribution in [3.63, 3.8) is 0 Å². The van der Waals surface area contributed by atoms with Gasteiger partial charge in [0, 0.05) is 10.9 Å². The number of aromatic nitrogens is 2. The minimum atomic E-state index is -0.482. The van der Waals surface area contributed by atoms with Gasteiger partial charge in [-0.1, -0.05) is 0 Å². The molecule has 0 atom stereocenters. The van der Waals surface area contributed by atoms with Crippen molar-refractivity contribution < 1.29 is 9.53 Å². The first-order valence-corrected chi connectivity index (χ1v) is 6.41. The molecular formula is C12H13N3O2S. The number of ether oxygens (including phenoxy) is 1. The Balaban J connectivity index is 2.44. The van der Waals surface area contributed by atoms with Crippen molar-refractivity contribution in [1.82, 2.24) is 9.97 Å². The quantitative estimate of drug-likeness (QED) is 0.859. The van der Waals surface area contributed by atoms with Crippen molar-refractivity contribution >= 4 is 23.1 Å². The summed E-state index contributed by atoms with van der Waals surface area (Å²) in [5.41, 5.74) is 7.48.